The van der Waals surface area contributed by atoms with Crippen molar-refractivity contribution in [3.8, 4) is 11.7 Å². The highest BCUT2D eigenvalue weighted by atomic mass is 35.5. The first-order valence-electron chi connectivity index (χ1n) is 8.81. The van der Waals surface area contributed by atoms with Crippen molar-refractivity contribution in [1.29, 1.82) is 0 Å². The largest absolute Gasteiger partial charge is 0.483 e. The number of hydrogen-bond acceptors (Lipinski definition) is 5. The predicted octanol–water partition coefficient (Wildman–Crippen LogP) is 3.94. The Labute approximate surface area is 168 Å². The second-order valence-electron chi connectivity index (χ2n) is 7.37. The number of anilines is 1. The maximum atomic E-state index is 12.5. The average molecular weight is 400 g/mol. The minimum absolute atomic E-state index is 0.145. The Hall–Kier alpha value is -2.93. The smallest absolute Gasteiger partial charge is 0.263 e. The van der Waals surface area contributed by atoms with Crippen molar-refractivity contribution < 1.29 is 9.53 Å². The summed E-state index contributed by atoms with van der Waals surface area (Å²) in [5.41, 5.74) is 1.47. The van der Waals surface area contributed by atoms with Crippen molar-refractivity contribution in [1.82, 2.24) is 19.7 Å². The highest BCUT2D eigenvalue weighted by Gasteiger charge is 2.22. The molecule has 8 heteroatoms. The third kappa shape index (κ3) is 4.67. The lowest BCUT2D eigenvalue weighted by molar-refractivity contribution is -0.118. The molecule has 0 atom stereocenters. The normalized spacial score (nSPS) is 11.3. The van der Waals surface area contributed by atoms with Gasteiger partial charge in [0, 0.05) is 28.9 Å². The second kappa shape index (κ2) is 7.98. The molecule has 0 aliphatic heterocycles. The van der Waals surface area contributed by atoms with Crippen molar-refractivity contribution in [2.24, 2.45) is 0 Å². The lowest BCUT2D eigenvalue weighted by Crippen LogP contribution is -2.22. The van der Waals surface area contributed by atoms with E-state index >= 15 is 0 Å². The van der Waals surface area contributed by atoms with Crippen LogP contribution in [0.25, 0.3) is 5.95 Å². The first-order valence-corrected chi connectivity index (χ1v) is 9.18. The molecule has 28 heavy (non-hydrogen) atoms. The van der Waals surface area contributed by atoms with E-state index in [0.717, 1.165) is 11.3 Å². The molecule has 0 radical (unpaired) electrons. The summed E-state index contributed by atoms with van der Waals surface area (Å²) in [6.45, 7) is 7.86. The zero-order valence-corrected chi connectivity index (χ0v) is 17.0. The third-order valence-electron chi connectivity index (χ3n) is 3.98. The van der Waals surface area contributed by atoms with E-state index in [1.165, 1.54) is 4.68 Å². The molecule has 146 valence electrons. The van der Waals surface area contributed by atoms with Gasteiger partial charge in [-0.3, -0.25) is 4.79 Å². The number of carbonyl (C=O) groups is 1. The number of nitrogens with one attached hydrogen (secondary N) is 1. The summed E-state index contributed by atoms with van der Waals surface area (Å²) >= 11 is 5.95. The Morgan fingerprint density at radius 2 is 1.93 bits per heavy atom. The summed E-state index contributed by atoms with van der Waals surface area (Å²) in [5, 5.41) is 8.02. The third-order valence-corrected chi connectivity index (χ3v) is 4.22. The van der Waals surface area contributed by atoms with Gasteiger partial charge in [-0.05, 0) is 36.8 Å². The van der Waals surface area contributed by atoms with E-state index < -0.39 is 0 Å². The van der Waals surface area contributed by atoms with Crippen LogP contribution in [0.15, 0.2) is 42.7 Å². The zero-order chi connectivity index (χ0) is 20.3. The molecule has 0 saturated carbocycles. The average Bonchev–Trinajstić information content (AvgIpc) is 3.06. The van der Waals surface area contributed by atoms with Crippen LogP contribution in [0, 0.1) is 6.92 Å². The molecule has 2 heterocycles. The van der Waals surface area contributed by atoms with Gasteiger partial charge < -0.3 is 10.1 Å². The summed E-state index contributed by atoms with van der Waals surface area (Å²) in [5.74, 6) is 1.15. The number of benzene rings is 1. The first-order chi connectivity index (χ1) is 13.2. The molecule has 3 rings (SSSR count). The zero-order valence-electron chi connectivity index (χ0n) is 16.2. The molecule has 2 aromatic heterocycles. The van der Waals surface area contributed by atoms with Crippen LogP contribution in [0.3, 0.4) is 0 Å². The molecule has 1 N–H and O–H groups in total. The van der Waals surface area contributed by atoms with Gasteiger partial charge in [-0.2, -0.15) is 9.78 Å². The monoisotopic (exact) mass is 399 g/mol. The molecular formula is C20H22ClN5O2. The van der Waals surface area contributed by atoms with Crippen LogP contribution in [-0.2, 0) is 10.2 Å². The van der Waals surface area contributed by atoms with E-state index in [1.54, 1.807) is 36.7 Å². The van der Waals surface area contributed by atoms with Crippen LogP contribution in [-0.4, -0.2) is 32.3 Å². The first kappa shape index (κ1) is 19.8. The van der Waals surface area contributed by atoms with Gasteiger partial charge in [-0.25, -0.2) is 9.97 Å². The van der Waals surface area contributed by atoms with E-state index in [9.17, 15) is 4.79 Å². The van der Waals surface area contributed by atoms with E-state index in [0.29, 0.717) is 22.5 Å². The topological polar surface area (TPSA) is 81.9 Å². The quantitative estimate of drug-likeness (QED) is 0.702. The van der Waals surface area contributed by atoms with Gasteiger partial charge in [0.2, 0.25) is 0 Å². The standard InChI is InChI=1S/C20H22ClN5O2/c1-13-10-14(21)6-7-15(13)28-12-18(27)24-17-11-16(20(2,3)4)25-26(17)19-22-8-5-9-23-19/h5-11H,12H2,1-4H3,(H,24,27). The van der Waals surface area contributed by atoms with Gasteiger partial charge in [0.15, 0.2) is 6.61 Å². The minimum Gasteiger partial charge on any atom is -0.483 e. The van der Waals surface area contributed by atoms with Crippen molar-refractivity contribution in [2.75, 3.05) is 11.9 Å². The molecule has 0 spiro atoms. The lowest BCUT2D eigenvalue weighted by atomic mass is 9.92. The SMILES string of the molecule is Cc1cc(Cl)ccc1OCC(=O)Nc1cc(C(C)(C)C)nn1-c1ncccn1. The summed E-state index contributed by atoms with van der Waals surface area (Å²) in [7, 11) is 0. The minimum atomic E-state index is -0.313. The second-order valence-corrected chi connectivity index (χ2v) is 7.81. The molecule has 0 fully saturated rings. The Bertz CT molecular complexity index is 980. The predicted molar refractivity (Wildman–Crippen MR) is 108 cm³/mol. The van der Waals surface area contributed by atoms with E-state index in [1.807, 2.05) is 33.8 Å². The summed E-state index contributed by atoms with van der Waals surface area (Å²) in [4.78, 5) is 20.9. The fourth-order valence-corrected chi connectivity index (χ4v) is 2.71. The van der Waals surface area contributed by atoms with Crippen LogP contribution in [0.4, 0.5) is 5.82 Å². The molecular weight excluding hydrogens is 378 g/mol. The molecule has 7 nitrogen and oxygen atoms in total. The van der Waals surface area contributed by atoms with Crippen LogP contribution in [0.1, 0.15) is 32.0 Å². The number of aromatic nitrogens is 4. The summed E-state index contributed by atoms with van der Waals surface area (Å²) in [6, 6.07) is 8.79. The van der Waals surface area contributed by atoms with Gasteiger partial charge >= 0.3 is 0 Å². The number of carbonyl (C=O) groups excluding carboxylic acids is 1. The fourth-order valence-electron chi connectivity index (χ4n) is 2.49. The number of rotatable bonds is 5. The highest BCUT2D eigenvalue weighted by molar-refractivity contribution is 6.30. The number of hydrogen-bond donors (Lipinski definition) is 1. The van der Waals surface area contributed by atoms with Gasteiger partial charge in [0.1, 0.15) is 11.6 Å². The van der Waals surface area contributed by atoms with Crippen LogP contribution in [0.2, 0.25) is 5.02 Å². The van der Waals surface area contributed by atoms with E-state index in [4.69, 9.17) is 16.3 Å². The molecule has 3 aromatic rings. The molecule has 0 bridgehead atoms. The molecule has 1 aromatic carbocycles. The number of halogens is 1. The lowest BCUT2D eigenvalue weighted by Gasteiger charge is -2.13. The van der Waals surface area contributed by atoms with Crippen molar-refractivity contribution >= 4 is 23.3 Å². The van der Waals surface area contributed by atoms with Gasteiger partial charge in [0.05, 0.1) is 5.69 Å². The maximum absolute atomic E-state index is 12.5. The van der Waals surface area contributed by atoms with Gasteiger partial charge in [0.25, 0.3) is 11.9 Å². The Morgan fingerprint density at radius 1 is 1.21 bits per heavy atom. The van der Waals surface area contributed by atoms with Crippen molar-refractivity contribution in [3.05, 3.63) is 59.0 Å². The van der Waals surface area contributed by atoms with Crippen molar-refractivity contribution in [2.45, 2.75) is 33.1 Å². The van der Waals surface area contributed by atoms with Crippen LogP contribution in [0.5, 0.6) is 5.75 Å². The molecule has 1 amide bonds. The van der Waals surface area contributed by atoms with Crippen LogP contribution >= 0.6 is 11.6 Å². The van der Waals surface area contributed by atoms with Gasteiger partial charge in [-0.15, -0.1) is 0 Å². The number of amides is 1. The summed E-state index contributed by atoms with van der Waals surface area (Å²) in [6.07, 6.45) is 3.25. The van der Waals surface area contributed by atoms with Gasteiger partial charge in [-0.1, -0.05) is 32.4 Å². The Morgan fingerprint density at radius 3 is 2.57 bits per heavy atom. The summed E-state index contributed by atoms with van der Waals surface area (Å²) < 4.78 is 7.13. The van der Waals surface area contributed by atoms with Crippen LogP contribution < -0.4 is 10.1 Å². The Balaban J connectivity index is 1.78. The van der Waals surface area contributed by atoms with E-state index in [2.05, 4.69) is 20.4 Å². The van der Waals surface area contributed by atoms with E-state index in [-0.39, 0.29) is 17.9 Å². The molecule has 0 unspecified atom stereocenters. The number of aryl methyl sites for hydroxylation is 1. The highest BCUT2D eigenvalue weighted by Crippen LogP contribution is 2.25. The number of nitrogens with zero attached hydrogens (tertiary/aromatic N) is 4. The maximum Gasteiger partial charge on any atom is 0.263 e. The molecule has 0 saturated heterocycles. The van der Waals surface area contributed by atoms with Crippen molar-refractivity contribution in [3.63, 3.8) is 0 Å². The fraction of sp³-hybridized carbons (Fsp3) is 0.300. The molecule has 0 aliphatic carbocycles. The Kier molecular flexibility index (Phi) is 5.65. The molecule has 0 aliphatic rings. The number of ether oxygens (including phenoxy) is 1.